The van der Waals surface area contributed by atoms with Gasteiger partial charge < -0.3 is 23.8 Å². The van der Waals surface area contributed by atoms with Crippen molar-refractivity contribution in [2.45, 2.75) is 6.92 Å². The van der Waals surface area contributed by atoms with Crippen LogP contribution in [0, 0.1) is 6.92 Å². The van der Waals surface area contributed by atoms with Crippen molar-refractivity contribution in [1.29, 1.82) is 0 Å². The summed E-state index contributed by atoms with van der Waals surface area (Å²) in [5.74, 6) is -0.720. The molecule has 0 unspecified atom stereocenters. The molecule has 7 heteroatoms. The normalized spacial score (nSPS) is 14.5. The first-order valence-corrected chi connectivity index (χ1v) is 6.93. The number of rotatable bonds is 4. The van der Waals surface area contributed by atoms with Crippen LogP contribution in [-0.4, -0.2) is 46.6 Å². The van der Waals surface area contributed by atoms with Crippen molar-refractivity contribution in [2.24, 2.45) is 0 Å². The average molecular weight is 321 g/mol. The maximum Gasteiger partial charge on any atom is 0.355 e. The van der Waals surface area contributed by atoms with Gasteiger partial charge in [-0.2, -0.15) is 0 Å². The van der Waals surface area contributed by atoms with Gasteiger partial charge in [-0.3, -0.25) is 0 Å². The minimum absolute atomic E-state index is 0.0260. The molecule has 124 valence electrons. The number of anilines is 1. The fourth-order valence-corrected chi connectivity index (χ4v) is 2.46. The number of methoxy groups -OCH3 is 3. The Balaban J connectivity index is 2.65. The zero-order valence-corrected chi connectivity index (χ0v) is 13.5. The van der Waals surface area contributed by atoms with Crippen LogP contribution in [0.25, 0.3) is 0 Å². The molecule has 0 amide bonds. The molecule has 0 atom stereocenters. The Morgan fingerprint density at radius 2 is 1.83 bits per heavy atom. The molecular formula is C16H19NO6. The van der Waals surface area contributed by atoms with Crippen LogP contribution in [0.4, 0.5) is 5.69 Å². The second-order valence-electron chi connectivity index (χ2n) is 4.84. The van der Waals surface area contributed by atoms with Gasteiger partial charge in [-0.05, 0) is 18.6 Å². The zero-order chi connectivity index (χ0) is 17.0. The van der Waals surface area contributed by atoms with Crippen LogP contribution in [0.15, 0.2) is 29.5 Å². The summed E-state index contributed by atoms with van der Waals surface area (Å²) in [7, 11) is 4.04. The third-order valence-corrected chi connectivity index (χ3v) is 3.52. The lowest BCUT2D eigenvalue weighted by atomic mass is 10.1. The van der Waals surface area contributed by atoms with Crippen LogP contribution in [0.3, 0.4) is 0 Å². The van der Waals surface area contributed by atoms with E-state index >= 15 is 0 Å². The Labute approximate surface area is 134 Å². The number of para-hydroxylation sites is 1. The summed E-state index contributed by atoms with van der Waals surface area (Å²) in [5, 5.41) is 0. The zero-order valence-electron chi connectivity index (χ0n) is 13.5. The molecule has 1 aliphatic rings. The predicted molar refractivity (Wildman–Crippen MR) is 82.1 cm³/mol. The number of hydrogen-bond acceptors (Lipinski definition) is 7. The molecule has 7 nitrogen and oxygen atoms in total. The van der Waals surface area contributed by atoms with E-state index < -0.39 is 11.9 Å². The number of esters is 2. The van der Waals surface area contributed by atoms with Crippen LogP contribution in [0.1, 0.15) is 5.56 Å². The summed E-state index contributed by atoms with van der Waals surface area (Å²) < 4.78 is 20.4. The lowest BCUT2D eigenvalue weighted by Gasteiger charge is -2.33. The summed E-state index contributed by atoms with van der Waals surface area (Å²) >= 11 is 0. The average Bonchev–Trinajstić information content (AvgIpc) is 2.59. The van der Waals surface area contributed by atoms with E-state index in [0.29, 0.717) is 11.4 Å². The van der Waals surface area contributed by atoms with Crippen LogP contribution < -0.4 is 9.64 Å². The summed E-state index contributed by atoms with van der Waals surface area (Å²) in [6.45, 7) is 1.94. The topological polar surface area (TPSA) is 74.3 Å². The monoisotopic (exact) mass is 321 g/mol. The van der Waals surface area contributed by atoms with Crippen molar-refractivity contribution in [3.8, 4) is 5.75 Å². The summed E-state index contributed by atoms with van der Waals surface area (Å²) in [5.41, 5.74) is 1.70. The van der Waals surface area contributed by atoms with E-state index in [1.807, 2.05) is 19.1 Å². The van der Waals surface area contributed by atoms with Gasteiger partial charge in [0.05, 0.1) is 39.2 Å². The van der Waals surface area contributed by atoms with Crippen molar-refractivity contribution < 1.29 is 28.5 Å². The van der Waals surface area contributed by atoms with Gasteiger partial charge >= 0.3 is 11.9 Å². The number of hydrogen-bond donors (Lipinski definition) is 0. The van der Waals surface area contributed by atoms with Gasteiger partial charge in [-0.1, -0.05) is 12.1 Å². The SMILES string of the molecule is COC(=O)C1=C(C(=O)OC)N(c2c(C)cccc2OC)COC1. The summed E-state index contributed by atoms with van der Waals surface area (Å²) in [4.78, 5) is 25.8. The summed E-state index contributed by atoms with van der Waals surface area (Å²) in [6.07, 6.45) is 0. The van der Waals surface area contributed by atoms with E-state index in [4.69, 9.17) is 18.9 Å². The predicted octanol–water partition coefficient (Wildman–Crippen LogP) is 1.40. The molecule has 0 saturated carbocycles. The molecule has 2 rings (SSSR count). The highest BCUT2D eigenvalue weighted by Crippen LogP contribution is 2.36. The first-order chi connectivity index (χ1) is 11.0. The lowest BCUT2D eigenvalue weighted by Crippen LogP contribution is -2.39. The Morgan fingerprint density at radius 1 is 1.13 bits per heavy atom. The van der Waals surface area contributed by atoms with E-state index in [2.05, 4.69) is 0 Å². The molecule has 0 aliphatic carbocycles. The Kier molecular flexibility index (Phi) is 5.23. The molecule has 1 aliphatic heterocycles. The molecule has 0 radical (unpaired) electrons. The van der Waals surface area contributed by atoms with Gasteiger partial charge in [0.2, 0.25) is 0 Å². The van der Waals surface area contributed by atoms with Crippen LogP contribution in [0.2, 0.25) is 0 Å². The van der Waals surface area contributed by atoms with Crippen LogP contribution in [-0.2, 0) is 23.8 Å². The Bertz CT molecular complexity index is 652. The second-order valence-corrected chi connectivity index (χ2v) is 4.84. The number of ether oxygens (including phenoxy) is 4. The van der Waals surface area contributed by atoms with E-state index in [-0.39, 0.29) is 24.6 Å². The quantitative estimate of drug-likeness (QED) is 0.776. The first-order valence-electron chi connectivity index (χ1n) is 6.93. The van der Waals surface area contributed by atoms with Gasteiger partial charge in [-0.25, -0.2) is 9.59 Å². The molecule has 0 saturated heterocycles. The molecule has 0 spiro atoms. The number of nitrogens with zero attached hydrogens (tertiary/aromatic N) is 1. The van der Waals surface area contributed by atoms with Crippen molar-refractivity contribution in [3.63, 3.8) is 0 Å². The van der Waals surface area contributed by atoms with Crippen molar-refractivity contribution in [1.82, 2.24) is 0 Å². The van der Waals surface area contributed by atoms with Crippen LogP contribution >= 0.6 is 0 Å². The Morgan fingerprint density at radius 3 is 2.43 bits per heavy atom. The number of benzene rings is 1. The molecule has 0 bridgehead atoms. The van der Waals surface area contributed by atoms with Gasteiger partial charge in [-0.15, -0.1) is 0 Å². The van der Waals surface area contributed by atoms with E-state index in [9.17, 15) is 9.59 Å². The van der Waals surface area contributed by atoms with Gasteiger partial charge in [0.25, 0.3) is 0 Å². The van der Waals surface area contributed by atoms with Gasteiger partial charge in [0.1, 0.15) is 18.2 Å². The standard InChI is InChI=1S/C16H19NO6/c1-10-6-5-7-12(20-2)13(10)17-9-23-8-11(15(18)21-3)14(17)16(19)22-4/h5-7H,8-9H2,1-4H3. The molecule has 0 aromatic heterocycles. The highest BCUT2D eigenvalue weighted by atomic mass is 16.5. The molecule has 0 fully saturated rings. The summed E-state index contributed by atoms with van der Waals surface area (Å²) in [6, 6.07) is 5.48. The fraction of sp³-hybridized carbons (Fsp3) is 0.375. The Hall–Kier alpha value is -2.54. The van der Waals surface area contributed by atoms with E-state index in [1.54, 1.807) is 11.0 Å². The van der Waals surface area contributed by atoms with Gasteiger partial charge in [0.15, 0.2) is 0 Å². The third kappa shape index (κ3) is 3.14. The molecule has 23 heavy (non-hydrogen) atoms. The highest BCUT2D eigenvalue weighted by Gasteiger charge is 2.34. The van der Waals surface area contributed by atoms with Crippen molar-refractivity contribution in [2.75, 3.05) is 39.6 Å². The number of carbonyl (C=O) groups excluding carboxylic acids is 2. The highest BCUT2D eigenvalue weighted by molar-refractivity contribution is 6.03. The minimum atomic E-state index is -0.640. The maximum absolute atomic E-state index is 12.3. The maximum atomic E-state index is 12.3. The third-order valence-electron chi connectivity index (χ3n) is 3.52. The molecule has 1 aromatic rings. The molecular weight excluding hydrogens is 302 g/mol. The van der Waals surface area contributed by atoms with Gasteiger partial charge in [0, 0.05) is 0 Å². The van der Waals surface area contributed by atoms with E-state index in [0.717, 1.165) is 5.56 Å². The smallest absolute Gasteiger partial charge is 0.355 e. The number of aryl methyl sites for hydroxylation is 1. The van der Waals surface area contributed by atoms with Crippen LogP contribution in [0.5, 0.6) is 5.75 Å². The number of carbonyl (C=O) groups is 2. The van der Waals surface area contributed by atoms with Crippen molar-refractivity contribution >= 4 is 17.6 Å². The fourth-order valence-electron chi connectivity index (χ4n) is 2.46. The second kappa shape index (κ2) is 7.15. The first kappa shape index (κ1) is 16.8. The van der Waals surface area contributed by atoms with Crippen molar-refractivity contribution in [3.05, 3.63) is 35.0 Å². The largest absolute Gasteiger partial charge is 0.495 e. The molecule has 1 aromatic carbocycles. The molecule has 0 N–H and O–H groups in total. The minimum Gasteiger partial charge on any atom is -0.495 e. The van der Waals surface area contributed by atoms with E-state index in [1.165, 1.54) is 21.3 Å². The molecule has 1 heterocycles. The lowest BCUT2D eigenvalue weighted by molar-refractivity contribution is -0.140.